The van der Waals surface area contributed by atoms with Gasteiger partial charge in [0.25, 0.3) is 0 Å². The van der Waals surface area contributed by atoms with Gasteiger partial charge in [-0.1, -0.05) is 106 Å². The first-order valence-corrected chi connectivity index (χ1v) is 18.2. The number of hydrogen-bond acceptors (Lipinski definition) is 2. The van der Waals surface area contributed by atoms with E-state index in [2.05, 4.69) is 119 Å². The molecule has 2 aliphatic heterocycles. The summed E-state index contributed by atoms with van der Waals surface area (Å²) in [5.74, 6) is 3.30. The van der Waals surface area contributed by atoms with Crippen LogP contribution in [0.5, 0.6) is 0 Å². The van der Waals surface area contributed by atoms with Crippen LogP contribution in [0, 0.1) is 29.6 Å². The Labute approximate surface area is 236 Å². The predicted octanol–water partition coefficient (Wildman–Crippen LogP) is 8.91. The lowest BCUT2D eigenvalue weighted by Gasteiger charge is -2.42. The van der Waals surface area contributed by atoms with E-state index in [1.807, 2.05) is 0 Å². The molecule has 2 nitrogen and oxygen atoms in total. The highest BCUT2D eigenvalue weighted by atomic mass is 28.4. The van der Waals surface area contributed by atoms with Crippen molar-refractivity contribution in [3.05, 3.63) is 107 Å². The highest BCUT2D eigenvalue weighted by Crippen LogP contribution is 2.72. The molecule has 3 unspecified atom stereocenters. The Hall–Kier alpha value is -2.20. The molecule has 3 heteroatoms. The van der Waals surface area contributed by atoms with Crippen molar-refractivity contribution >= 4 is 8.32 Å². The third-order valence-corrected chi connectivity index (χ3v) is 16.1. The van der Waals surface area contributed by atoms with Gasteiger partial charge in [-0.05, 0) is 83.8 Å². The molecule has 0 amide bonds. The van der Waals surface area contributed by atoms with Gasteiger partial charge in [0, 0.05) is 18.4 Å². The van der Waals surface area contributed by atoms with Gasteiger partial charge in [0.15, 0.2) is 8.32 Å². The minimum Gasteiger partial charge on any atom is -0.417 e. The molecule has 0 radical (unpaired) electrons. The lowest BCUT2D eigenvalue weighted by Crippen LogP contribution is -2.41. The molecule has 3 aromatic rings. The molecule has 3 fully saturated rings. The van der Waals surface area contributed by atoms with E-state index in [-0.39, 0.29) is 16.2 Å². The number of hydrogen-bond donors (Lipinski definition) is 0. The maximum Gasteiger partial charge on any atom is 0.191 e. The van der Waals surface area contributed by atoms with Gasteiger partial charge in [0.2, 0.25) is 0 Å². The average molecular weight is 537 g/mol. The van der Waals surface area contributed by atoms with Crippen LogP contribution < -0.4 is 0 Å². The minimum atomic E-state index is -1.73. The van der Waals surface area contributed by atoms with Gasteiger partial charge in [-0.2, -0.15) is 0 Å². The van der Waals surface area contributed by atoms with E-state index in [4.69, 9.17) is 9.16 Å². The number of benzene rings is 3. The molecule has 2 saturated carbocycles. The summed E-state index contributed by atoms with van der Waals surface area (Å²) in [5, 5.41) is 0.268. The highest BCUT2D eigenvalue weighted by molar-refractivity contribution is 6.74. The summed E-state index contributed by atoms with van der Waals surface area (Å²) in [6, 6.07) is 31.5. The van der Waals surface area contributed by atoms with E-state index in [1.54, 1.807) is 0 Å². The number of rotatable bonds is 5. The van der Waals surface area contributed by atoms with Crippen molar-refractivity contribution < 1.29 is 9.16 Å². The zero-order chi connectivity index (χ0) is 27.0. The molecule has 7 rings (SSSR count). The summed E-state index contributed by atoms with van der Waals surface area (Å²) in [4.78, 5) is 0. The van der Waals surface area contributed by atoms with Crippen LogP contribution in [-0.4, -0.2) is 14.9 Å². The number of ether oxygens (including phenoxy) is 1. The van der Waals surface area contributed by atoms with Gasteiger partial charge in [0.1, 0.15) is 11.2 Å². The van der Waals surface area contributed by atoms with Crippen LogP contribution in [0.3, 0.4) is 0 Å². The van der Waals surface area contributed by atoms with Crippen LogP contribution in [0.25, 0.3) is 0 Å². The molecule has 1 saturated heterocycles. The summed E-state index contributed by atoms with van der Waals surface area (Å²) < 4.78 is 14.4. The quantitative estimate of drug-likeness (QED) is 0.303. The Bertz CT molecular complexity index is 1260. The zero-order valence-corrected chi connectivity index (χ0v) is 25.3. The standard InChI is InChI=1S/C36H44O2Si/c1-34(2,3)39(4,5)37-24-29-27-20-22-32-33(23-21-28(27)29)36(26-16-10-7-11-17-26)31-19-13-12-18-30(31)35(32,38-36)25-14-8-6-9-15-25/h6-19,27-29,32-33H,20-24H2,1-5H3/t27-,28+,29?,32-,33-,35?,36?/m0/s1. The van der Waals surface area contributed by atoms with E-state index in [1.165, 1.54) is 47.9 Å². The van der Waals surface area contributed by atoms with E-state index < -0.39 is 8.32 Å². The fourth-order valence-electron chi connectivity index (χ4n) is 8.54. The van der Waals surface area contributed by atoms with E-state index >= 15 is 0 Å². The fourth-order valence-corrected chi connectivity index (χ4v) is 9.58. The van der Waals surface area contributed by atoms with Crippen molar-refractivity contribution in [1.29, 1.82) is 0 Å². The maximum atomic E-state index is 7.64. The molecular formula is C36H44O2Si. The molecule has 204 valence electrons. The summed E-state index contributed by atoms with van der Waals surface area (Å²) in [5.41, 5.74) is 4.68. The SMILES string of the molecule is CC(C)(C)[Si](C)(C)OCC1[C@H]2CC[C@H]3[C@H](CC[C@@H]12)C1(c2ccccc2)OC3(c2ccccc2)c2ccccc21. The molecule has 2 bridgehead atoms. The van der Waals surface area contributed by atoms with Gasteiger partial charge in [-0.15, -0.1) is 0 Å². The van der Waals surface area contributed by atoms with Gasteiger partial charge in [-0.3, -0.25) is 0 Å². The molecule has 2 heterocycles. The normalized spacial score (nSPS) is 34.9. The molecule has 0 spiro atoms. The lowest BCUT2D eigenvalue weighted by atomic mass is 9.57. The van der Waals surface area contributed by atoms with Crippen LogP contribution in [0.1, 0.15) is 68.7 Å². The first kappa shape index (κ1) is 25.7. The molecule has 7 atom stereocenters. The Morgan fingerprint density at radius 1 is 0.692 bits per heavy atom. The van der Waals surface area contributed by atoms with Crippen LogP contribution in [0.15, 0.2) is 84.9 Å². The third kappa shape index (κ3) is 3.65. The van der Waals surface area contributed by atoms with E-state index in [9.17, 15) is 0 Å². The van der Waals surface area contributed by atoms with Crippen LogP contribution in [-0.2, 0) is 20.4 Å². The van der Waals surface area contributed by atoms with Gasteiger partial charge < -0.3 is 9.16 Å². The molecule has 0 N–H and O–H groups in total. The predicted molar refractivity (Wildman–Crippen MR) is 161 cm³/mol. The van der Waals surface area contributed by atoms with Gasteiger partial charge in [-0.25, -0.2) is 0 Å². The van der Waals surface area contributed by atoms with Crippen molar-refractivity contribution in [3.63, 3.8) is 0 Å². The Kier molecular flexibility index (Phi) is 5.87. The Morgan fingerprint density at radius 2 is 1.13 bits per heavy atom. The Balaban J connectivity index is 1.27. The van der Waals surface area contributed by atoms with Crippen molar-refractivity contribution in [2.45, 2.75) is 75.8 Å². The molecule has 39 heavy (non-hydrogen) atoms. The molecular weight excluding hydrogens is 492 g/mol. The van der Waals surface area contributed by atoms with Crippen LogP contribution in [0.4, 0.5) is 0 Å². The second kappa shape index (κ2) is 8.90. The monoisotopic (exact) mass is 536 g/mol. The van der Waals surface area contributed by atoms with Crippen molar-refractivity contribution in [2.75, 3.05) is 6.61 Å². The second-order valence-corrected chi connectivity index (χ2v) is 19.1. The van der Waals surface area contributed by atoms with Gasteiger partial charge >= 0.3 is 0 Å². The van der Waals surface area contributed by atoms with Crippen LogP contribution in [0.2, 0.25) is 18.1 Å². The van der Waals surface area contributed by atoms with Crippen molar-refractivity contribution in [3.8, 4) is 0 Å². The first-order valence-electron chi connectivity index (χ1n) is 15.3. The smallest absolute Gasteiger partial charge is 0.191 e. The van der Waals surface area contributed by atoms with Crippen molar-refractivity contribution in [2.24, 2.45) is 29.6 Å². The molecule has 3 aromatic carbocycles. The third-order valence-electron chi connectivity index (χ3n) is 11.6. The summed E-state index contributed by atoms with van der Waals surface area (Å²) in [6.07, 6.45) is 5.03. The van der Waals surface area contributed by atoms with E-state index in [0.717, 1.165) is 24.4 Å². The topological polar surface area (TPSA) is 18.5 Å². The summed E-state index contributed by atoms with van der Waals surface area (Å²) >= 11 is 0. The average Bonchev–Trinajstić information content (AvgIpc) is 3.35. The molecule has 0 aromatic heterocycles. The van der Waals surface area contributed by atoms with Crippen molar-refractivity contribution in [1.82, 2.24) is 0 Å². The lowest BCUT2D eigenvalue weighted by molar-refractivity contribution is -0.0585. The summed E-state index contributed by atoms with van der Waals surface area (Å²) in [7, 11) is -1.73. The Morgan fingerprint density at radius 3 is 1.56 bits per heavy atom. The van der Waals surface area contributed by atoms with Gasteiger partial charge in [0.05, 0.1) is 0 Å². The molecule has 2 aliphatic carbocycles. The number of fused-ring (bicyclic) bond motifs is 9. The zero-order valence-electron chi connectivity index (χ0n) is 24.3. The second-order valence-electron chi connectivity index (χ2n) is 14.3. The molecule has 4 aliphatic rings. The van der Waals surface area contributed by atoms with Crippen LogP contribution >= 0.6 is 0 Å². The summed E-state index contributed by atoms with van der Waals surface area (Å²) in [6.45, 7) is 12.8. The van der Waals surface area contributed by atoms with E-state index in [0.29, 0.717) is 11.8 Å². The largest absolute Gasteiger partial charge is 0.417 e. The minimum absolute atomic E-state index is 0.268. The maximum absolute atomic E-state index is 7.64. The highest BCUT2D eigenvalue weighted by Gasteiger charge is 2.71. The fraction of sp³-hybridized carbons (Fsp3) is 0.500. The first-order chi connectivity index (χ1) is 18.7.